The van der Waals surface area contributed by atoms with Crippen LogP contribution in [0.3, 0.4) is 0 Å². The van der Waals surface area contributed by atoms with E-state index in [1.807, 2.05) is 0 Å². The van der Waals surface area contributed by atoms with Gasteiger partial charge in [-0.25, -0.2) is 8.42 Å². The average Bonchev–Trinajstić information content (AvgIpc) is 2.14. The molecular weight excluding hydrogens is 304 g/mol. The zero-order chi connectivity index (χ0) is 11.5. The Morgan fingerprint density at radius 3 is 2.67 bits per heavy atom. The van der Waals surface area contributed by atoms with Crippen molar-refractivity contribution < 1.29 is 13.2 Å². The molecule has 15 heavy (non-hydrogen) atoms. The van der Waals surface area contributed by atoms with Crippen molar-refractivity contribution in [3.05, 3.63) is 33.6 Å². The smallest absolute Gasteiger partial charge is 0.254 e. The standard InChI is InChI=1S/C9H8BrClO3S/c1-14-9-3-2-8(10)6-7(9)4-5-15(11,12)13/h2-6H,1H3/b5-4+. The van der Waals surface area contributed by atoms with Gasteiger partial charge in [-0.3, -0.25) is 0 Å². The van der Waals surface area contributed by atoms with Crippen molar-refractivity contribution >= 4 is 41.7 Å². The van der Waals surface area contributed by atoms with E-state index in [-0.39, 0.29) is 0 Å². The van der Waals surface area contributed by atoms with Crippen LogP contribution < -0.4 is 4.74 Å². The summed E-state index contributed by atoms with van der Waals surface area (Å²) in [5.41, 5.74) is 0.635. The van der Waals surface area contributed by atoms with Gasteiger partial charge in [0, 0.05) is 26.1 Å². The molecule has 0 aliphatic rings. The van der Waals surface area contributed by atoms with Gasteiger partial charge in [0.1, 0.15) is 5.75 Å². The maximum absolute atomic E-state index is 10.7. The minimum Gasteiger partial charge on any atom is -0.496 e. The molecule has 82 valence electrons. The fraction of sp³-hybridized carbons (Fsp3) is 0.111. The van der Waals surface area contributed by atoms with Gasteiger partial charge in [0.05, 0.1) is 7.11 Å². The zero-order valence-corrected chi connectivity index (χ0v) is 10.9. The number of ether oxygens (including phenoxy) is 1. The van der Waals surface area contributed by atoms with E-state index >= 15 is 0 Å². The lowest BCUT2D eigenvalue weighted by molar-refractivity contribution is 0.414. The summed E-state index contributed by atoms with van der Waals surface area (Å²) in [4.78, 5) is 0. The lowest BCUT2D eigenvalue weighted by Gasteiger charge is -2.04. The van der Waals surface area contributed by atoms with E-state index in [4.69, 9.17) is 15.4 Å². The van der Waals surface area contributed by atoms with Crippen LogP contribution in [0, 0.1) is 0 Å². The van der Waals surface area contributed by atoms with Crippen molar-refractivity contribution in [1.29, 1.82) is 0 Å². The first-order valence-corrected chi connectivity index (χ1v) is 7.05. The number of methoxy groups -OCH3 is 1. The summed E-state index contributed by atoms with van der Waals surface area (Å²) in [5, 5.41) is 0.916. The molecule has 0 spiro atoms. The predicted octanol–water partition coefficient (Wildman–Crippen LogP) is 3.00. The Labute approximate surface area is 101 Å². The van der Waals surface area contributed by atoms with Crippen molar-refractivity contribution in [1.82, 2.24) is 0 Å². The Balaban J connectivity index is 3.13. The van der Waals surface area contributed by atoms with Crippen LogP contribution in [0.25, 0.3) is 6.08 Å². The molecule has 0 atom stereocenters. The fourth-order valence-corrected chi connectivity index (χ4v) is 1.83. The zero-order valence-electron chi connectivity index (χ0n) is 7.78. The third-order valence-corrected chi connectivity index (χ3v) is 2.86. The third-order valence-electron chi connectivity index (χ3n) is 1.60. The predicted molar refractivity (Wildman–Crippen MR) is 64.5 cm³/mol. The average molecular weight is 312 g/mol. The van der Waals surface area contributed by atoms with Crippen LogP contribution in [-0.2, 0) is 9.05 Å². The number of halogens is 2. The second kappa shape index (κ2) is 5.01. The van der Waals surface area contributed by atoms with Crippen LogP contribution in [0.1, 0.15) is 5.56 Å². The minimum atomic E-state index is -3.64. The maximum Gasteiger partial charge on any atom is 0.254 e. The molecular formula is C9H8BrClO3S. The van der Waals surface area contributed by atoms with Crippen molar-refractivity contribution in [3.8, 4) is 5.75 Å². The van der Waals surface area contributed by atoms with Crippen molar-refractivity contribution in [2.75, 3.05) is 7.11 Å². The molecule has 0 aromatic heterocycles. The van der Waals surface area contributed by atoms with Gasteiger partial charge in [-0.2, -0.15) is 0 Å². The fourth-order valence-electron chi connectivity index (χ4n) is 0.990. The van der Waals surface area contributed by atoms with Gasteiger partial charge >= 0.3 is 0 Å². The largest absolute Gasteiger partial charge is 0.496 e. The highest BCUT2D eigenvalue weighted by Crippen LogP contribution is 2.24. The maximum atomic E-state index is 10.7. The van der Waals surface area contributed by atoms with E-state index in [1.165, 1.54) is 13.2 Å². The van der Waals surface area contributed by atoms with E-state index < -0.39 is 9.05 Å². The molecule has 0 saturated carbocycles. The van der Waals surface area contributed by atoms with Crippen LogP contribution in [0.2, 0.25) is 0 Å². The van der Waals surface area contributed by atoms with Crippen molar-refractivity contribution in [2.45, 2.75) is 0 Å². The van der Waals surface area contributed by atoms with Crippen molar-refractivity contribution in [2.24, 2.45) is 0 Å². The molecule has 1 aromatic carbocycles. The van der Waals surface area contributed by atoms with Gasteiger partial charge in [0.2, 0.25) is 0 Å². The Morgan fingerprint density at radius 2 is 2.13 bits per heavy atom. The number of benzene rings is 1. The first-order chi connectivity index (χ1) is 6.92. The number of hydrogen-bond acceptors (Lipinski definition) is 3. The molecule has 0 fully saturated rings. The van der Waals surface area contributed by atoms with Crippen LogP contribution in [0.5, 0.6) is 5.75 Å². The first kappa shape index (κ1) is 12.5. The Morgan fingerprint density at radius 1 is 1.47 bits per heavy atom. The molecule has 0 N–H and O–H groups in total. The summed E-state index contributed by atoms with van der Waals surface area (Å²) in [5.74, 6) is 0.578. The molecule has 0 unspecified atom stereocenters. The molecule has 6 heteroatoms. The van der Waals surface area contributed by atoms with Gasteiger partial charge in [0.15, 0.2) is 0 Å². The third kappa shape index (κ3) is 4.24. The lowest BCUT2D eigenvalue weighted by atomic mass is 10.2. The number of hydrogen-bond donors (Lipinski definition) is 0. The summed E-state index contributed by atoms with van der Waals surface area (Å²) in [6.45, 7) is 0. The van der Waals surface area contributed by atoms with Gasteiger partial charge in [-0.15, -0.1) is 0 Å². The monoisotopic (exact) mass is 310 g/mol. The van der Waals surface area contributed by atoms with Gasteiger partial charge < -0.3 is 4.74 Å². The van der Waals surface area contributed by atoms with E-state index in [2.05, 4.69) is 15.9 Å². The summed E-state index contributed by atoms with van der Waals surface area (Å²) in [6.07, 6.45) is 1.38. The van der Waals surface area contributed by atoms with E-state index in [0.29, 0.717) is 11.3 Å². The second-order valence-electron chi connectivity index (χ2n) is 2.66. The van der Waals surface area contributed by atoms with Crippen LogP contribution in [0.15, 0.2) is 28.1 Å². The molecule has 0 heterocycles. The molecule has 0 saturated heterocycles. The summed E-state index contributed by atoms with van der Waals surface area (Å²) in [7, 11) is 2.92. The molecule has 1 aromatic rings. The van der Waals surface area contributed by atoms with Crippen LogP contribution in [0.4, 0.5) is 0 Å². The van der Waals surface area contributed by atoms with Crippen molar-refractivity contribution in [3.63, 3.8) is 0 Å². The lowest BCUT2D eigenvalue weighted by Crippen LogP contribution is -1.87. The molecule has 1 rings (SSSR count). The van der Waals surface area contributed by atoms with Gasteiger partial charge in [-0.05, 0) is 24.3 Å². The number of rotatable bonds is 3. The molecule has 0 radical (unpaired) electrons. The van der Waals surface area contributed by atoms with E-state index in [0.717, 1.165) is 9.88 Å². The normalized spacial score (nSPS) is 11.9. The second-order valence-corrected chi connectivity index (χ2v) is 6.09. The highest BCUT2D eigenvalue weighted by Gasteiger charge is 2.02. The quantitative estimate of drug-likeness (QED) is 0.806. The first-order valence-electron chi connectivity index (χ1n) is 3.88. The Kier molecular flexibility index (Phi) is 4.19. The highest BCUT2D eigenvalue weighted by atomic mass is 79.9. The molecule has 3 nitrogen and oxygen atoms in total. The van der Waals surface area contributed by atoms with E-state index in [9.17, 15) is 8.42 Å². The van der Waals surface area contributed by atoms with E-state index in [1.54, 1.807) is 18.2 Å². The molecule has 0 aliphatic carbocycles. The highest BCUT2D eigenvalue weighted by molar-refractivity contribution is 9.10. The summed E-state index contributed by atoms with van der Waals surface area (Å²) >= 11 is 3.27. The van der Waals surface area contributed by atoms with Gasteiger partial charge in [0.25, 0.3) is 9.05 Å². The van der Waals surface area contributed by atoms with Gasteiger partial charge in [-0.1, -0.05) is 15.9 Å². The molecule has 0 bridgehead atoms. The summed E-state index contributed by atoms with van der Waals surface area (Å²) < 4.78 is 27.3. The Bertz CT molecular complexity index is 482. The molecule has 0 amide bonds. The topological polar surface area (TPSA) is 43.4 Å². The Hall–Kier alpha value is -0.520. The van der Waals surface area contributed by atoms with Crippen LogP contribution >= 0.6 is 26.6 Å². The molecule has 0 aliphatic heterocycles. The van der Waals surface area contributed by atoms with Crippen LogP contribution in [-0.4, -0.2) is 15.5 Å². The SMILES string of the molecule is COc1ccc(Br)cc1/C=C/S(=O)(=O)Cl. The summed E-state index contributed by atoms with van der Waals surface area (Å²) in [6, 6.07) is 5.26. The minimum absolute atomic E-state index is 0.578.